The molecule has 1 rings (SSSR count). The molecule has 21 heavy (non-hydrogen) atoms. The fourth-order valence-corrected chi connectivity index (χ4v) is 2.27. The summed E-state index contributed by atoms with van der Waals surface area (Å²) in [7, 11) is -4.19. The number of carbonyl (C=O) groups excluding carboxylic acids is 1. The van der Waals surface area contributed by atoms with Crippen molar-refractivity contribution < 1.29 is 22.1 Å². The van der Waals surface area contributed by atoms with E-state index < -0.39 is 22.4 Å². The van der Waals surface area contributed by atoms with Crippen LogP contribution >= 0.6 is 0 Å². The molecule has 1 aromatic rings. The molecular formula is C14H21NO5S. The van der Waals surface area contributed by atoms with E-state index >= 15 is 0 Å². The summed E-state index contributed by atoms with van der Waals surface area (Å²) in [6.07, 6.45) is 1.56. The standard InChI is InChI=1S/C14H21NO5S/c1-2-3-5-10-13(20-21(15,17)18)14(16)19-11-12-8-6-4-7-9-12/h4,6-9,13H,2-3,5,10-11H2,1H3,(H2,15,17,18). The summed E-state index contributed by atoms with van der Waals surface area (Å²) >= 11 is 0. The van der Waals surface area contributed by atoms with Gasteiger partial charge in [-0.3, -0.25) is 0 Å². The van der Waals surface area contributed by atoms with Gasteiger partial charge in [-0.05, 0) is 12.0 Å². The average Bonchev–Trinajstić information content (AvgIpc) is 2.44. The van der Waals surface area contributed by atoms with Crippen molar-refractivity contribution in [2.45, 2.75) is 45.3 Å². The predicted molar refractivity (Wildman–Crippen MR) is 78.4 cm³/mol. The van der Waals surface area contributed by atoms with Gasteiger partial charge in [0.1, 0.15) is 6.61 Å². The van der Waals surface area contributed by atoms with Gasteiger partial charge in [0, 0.05) is 0 Å². The van der Waals surface area contributed by atoms with Crippen LogP contribution in [0.5, 0.6) is 0 Å². The monoisotopic (exact) mass is 315 g/mol. The highest BCUT2D eigenvalue weighted by atomic mass is 32.2. The van der Waals surface area contributed by atoms with Crippen molar-refractivity contribution in [3.05, 3.63) is 35.9 Å². The second kappa shape index (κ2) is 8.76. The average molecular weight is 315 g/mol. The maximum Gasteiger partial charge on any atom is 0.337 e. The molecule has 0 saturated heterocycles. The number of ether oxygens (including phenoxy) is 1. The molecule has 6 nitrogen and oxygen atoms in total. The van der Waals surface area contributed by atoms with Gasteiger partial charge in [-0.1, -0.05) is 56.5 Å². The molecule has 2 N–H and O–H groups in total. The first-order valence-corrected chi connectivity index (χ1v) is 8.31. The van der Waals surface area contributed by atoms with E-state index in [1.165, 1.54) is 0 Å². The van der Waals surface area contributed by atoms with Crippen LogP contribution < -0.4 is 5.14 Å². The van der Waals surface area contributed by atoms with E-state index in [2.05, 4.69) is 4.18 Å². The summed E-state index contributed by atoms with van der Waals surface area (Å²) in [5, 5.41) is 4.83. The Morgan fingerprint density at radius 2 is 1.90 bits per heavy atom. The minimum Gasteiger partial charge on any atom is -0.459 e. The highest BCUT2D eigenvalue weighted by Crippen LogP contribution is 2.12. The molecule has 0 spiro atoms. The molecule has 0 saturated carbocycles. The van der Waals surface area contributed by atoms with Crippen LogP contribution in [0.4, 0.5) is 0 Å². The molecular weight excluding hydrogens is 294 g/mol. The maximum absolute atomic E-state index is 11.9. The van der Waals surface area contributed by atoms with Gasteiger partial charge in [0.15, 0.2) is 6.10 Å². The molecule has 0 bridgehead atoms. The molecule has 7 heteroatoms. The van der Waals surface area contributed by atoms with E-state index in [0.29, 0.717) is 6.42 Å². The number of nitrogens with two attached hydrogens (primary N) is 1. The van der Waals surface area contributed by atoms with Crippen LogP contribution in [-0.4, -0.2) is 20.5 Å². The summed E-state index contributed by atoms with van der Waals surface area (Å²) in [4.78, 5) is 11.9. The maximum atomic E-state index is 11.9. The predicted octanol–water partition coefficient (Wildman–Crippen LogP) is 1.90. The fourth-order valence-electron chi connectivity index (χ4n) is 1.77. The Hall–Kier alpha value is -1.44. The van der Waals surface area contributed by atoms with Crippen molar-refractivity contribution in [2.75, 3.05) is 0 Å². The van der Waals surface area contributed by atoms with Crippen molar-refractivity contribution in [2.24, 2.45) is 5.14 Å². The van der Waals surface area contributed by atoms with Gasteiger partial charge in [-0.25, -0.2) is 14.1 Å². The molecule has 1 aromatic carbocycles. The van der Waals surface area contributed by atoms with Gasteiger partial charge in [0.25, 0.3) is 0 Å². The van der Waals surface area contributed by atoms with Gasteiger partial charge >= 0.3 is 16.3 Å². The minimum atomic E-state index is -4.19. The second-order valence-corrected chi connectivity index (χ2v) is 5.84. The summed E-state index contributed by atoms with van der Waals surface area (Å²) in [6, 6.07) is 9.11. The van der Waals surface area contributed by atoms with Gasteiger partial charge in [-0.2, -0.15) is 8.42 Å². The zero-order valence-electron chi connectivity index (χ0n) is 12.0. The minimum absolute atomic E-state index is 0.0674. The SMILES string of the molecule is CCCCCC(OS(N)(=O)=O)C(=O)OCc1ccccc1. The number of esters is 1. The molecule has 1 atom stereocenters. The number of hydrogen-bond acceptors (Lipinski definition) is 5. The molecule has 0 fully saturated rings. The molecule has 0 aliphatic heterocycles. The Morgan fingerprint density at radius 1 is 1.24 bits per heavy atom. The van der Waals surface area contributed by atoms with Gasteiger partial charge in [-0.15, -0.1) is 0 Å². The quantitative estimate of drug-likeness (QED) is 0.554. The lowest BCUT2D eigenvalue weighted by Crippen LogP contribution is -2.32. The largest absolute Gasteiger partial charge is 0.459 e. The first-order chi connectivity index (χ1) is 9.92. The van der Waals surface area contributed by atoms with Crippen LogP contribution in [-0.2, 0) is 30.6 Å². The second-order valence-electron chi connectivity index (χ2n) is 4.67. The van der Waals surface area contributed by atoms with E-state index in [0.717, 1.165) is 18.4 Å². The number of unbranched alkanes of at least 4 members (excludes halogenated alkanes) is 2. The van der Waals surface area contributed by atoms with Crippen LogP contribution in [0.15, 0.2) is 30.3 Å². The van der Waals surface area contributed by atoms with Crippen molar-refractivity contribution >= 4 is 16.3 Å². The third-order valence-corrected chi connectivity index (χ3v) is 3.31. The Bertz CT molecular complexity index is 530. The molecule has 0 heterocycles. The first kappa shape index (κ1) is 17.6. The third kappa shape index (κ3) is 7.79. The first-order valence-electron chi connectivity index (χ1n) is 6.84. The fraction of sp³-hybridized carbons (Fsp3) is 0.500. The molecule has 0 radical (unpaired) electrons. The zero-order chi connectivity index (χ0) is 15.7. The van der Waals surface area contributed by atoms with Crippen LogP contribution in [0.2, 0.25) is 0 Å². The van der Waals surface area contributed by atoms with E-state index in [1.54, 1.807) is 12.1 Å². The van der Waals surface area contributed by atoms with Crippen LogP contribution in [0.1, 0.15) is 38.2 Å². The highest BCUT2D eigenvalue weighted by Gasteiger charge is 2.25. The molecule has 0 aliphatic rings. The van der Waals surface area contributed by atoms with E-state index in [9.17, 15) is 13.2 Å². The topological polar surface area (TPSA) is 95.7 Å². The lowest BCUT2D eigenvalue weighted by molar-refractivity contribution is -0.153. The summed E-state index contributed by atoms with van der Waals surface area (Å²) in [5.74, 6) is -0.719. The molecule has 118 valence electrons. The number of hydrogen-bond donors (Lipinski definition) is 1. The number of carbonyl (C=O) groups is 1. The van der Waals surface area contributed by atoms with E-state index in [4.69, 9.17) is 9.88 Å². The summed E-state index contributed by atoms with van der Waals surface area (Å²) < 4.78 is 31.7. The Labute approximate surface area is 125 Å². The van der Waals surface area contributed by atoms with Crippen LogP contribution in [0, 0.1) is 0 Å². The Balaban J connectivity index is 2.57. The van der Waals surface area contributed by atoms with Crippen LogP contribution in [0.3, 0.4) is 0 Å². The molecule has 0 amide bonds. The molecule has 1 unspecified atom stereocenters. The van der Waals surface area contributed by atoms with Crippen molar-refractivity contribution in [1.82, 2.24) is 0 Å². The Morgan fingerprint density at radius 3 is 2.48 bits per heavy atom. The van der Waals surface area contributed by atoms with Crippen molar-refractivity contribution in [3.8, 4) is 0 Å². The molecule has 0 aliphatic carbocycles. The number of benzene rings is 1. The smallest absolute Gasteiger partial charge is 0.337 e. The normalized spacial score (nSPS) is 12.9. The van der Waals surface area contributed by atoms with Crippen molar-refractivity contribution in [3.63, 3.8) is 0 Å². The highest BCUT2D eigenvalue weighted by molar-refractivity contribution is 7.84. The summed E-state index contributed by atoms with van der Waals surface area (Å²) in [5.41, 5.74) is 0.814. The van der Waals surface area contributed by atoms with E-state index in [1.807, 2.05) is 25.1 Å². The van der Waals surface area contributed by atoms with E-state index in [-0.39, 0.29) is 13.0 Å². The number of rotatable bonds is 9. The van der Waals surface area contributed by atoms with Gasteiger partial charge < -0.3 is 4.74 Å². The van der Waals surface area contributed by atoms with Gasteiger partial charge in [0.05, 0.1) is 0 Å². The third-order valence-electron chi connectivity index (χ3n) is 2.81. The van der Waals surface area contributed by atoms with Crippen molar-refractivity contribution in [1.29, 1.82) is 0 Å². The zero-order valence-corrected chi connectivity index (χ0v) is 12.8. The summed E-state index contributed by atoms with van der Waals surface area (Å²) in [6.45, 7) is 2.07. The lowest BCUT2D eigenvalue weighted by atomic mass is 10.1. The van der Waals surface area contributed by atoms with Crippen LogP contribution in [0.25, 0.3) is 0 Å². The van der Waals surface area contributed by atoms with Gasteiger partial charge in [0.2, 0.25) is 0 Å². The Kier molecular flexibility index (Phi) is 7.35. The molecule has 0 aromatic heterocycles. The lowest BCUT2D eigenvalue weighted by Gasteiger charge is -2.15.